The first-order valence-electron chi connectivity index (χ1n) is 8.32. The summed E-state index contributed by atoms with van der Waals surface area (Å²) >= 11 is 0. The number of likely N-dealkylation sites (tertiary alicyclic amines) is 1. The summed E-state index contributed by atoms with van der Waals surface area (Å²) in [7, 11) is 0. The number of piperidine rings is 1. The number of rotatable bonds is 3. The fraction of sp³-hybridized carbons (Fsp3) is 0.625. The molecule has 0 spiro atoms. The molecule has 0 bridgehead atoms. The highest BCUT2D eigenvalue weighted by Gasteiger charge is 2.42. The van der Waals surface area contributed by atoms with Gasteiger partial charge in [0.05, 0.1) is 0 Å². The van der Waals surface area contributed by atoms with E-state index in [4.69, 9.17) is 0 Å². The van der Waals surface area contributed by atoms with Gasteiger partial charge in [-0.05, 0) is 31.2 Å². The van der Waals surface area contributed by atoms with Gasteiger partial charge in [0.25, 0.3) is 12.2 Å². The van der Waals surface area contributed by atoms with Gasteiger partial charge in [0.2, 0.25) is 5.91 Å². The molecular formula is C16H19F2N5O. The van der Waals surface area contributed by atoms with E-state index in [9.17, 15) is 13.6 Å². The molecule has 2 aromatic rings. The van der Waals surface area contributed by atoms with Crippen LogP contribution in [0.5, 0.6) is 0 Å². The van der Waals surface area contributed by atoms with Crippen molar-refractivity contribution in [3.05, 3.63) is 23.8 Å². The summed E-state index contributed by atoms with van der Waals surface area (Å²) in [4.78, 5) is 22.5. The summed E-state index contributed by atoms with van der Waals surface area (Å²) in [5.41, 5.74) is 0.440. The van der Waals surface area contributed by atoms with Crippen LogP contribution in [0.25, 0.3) is 5.78 Å². The van der Waals surface area contributed by atoms with Crippen LogP contribution in [0.4, 0.5) is 8.78 Å². The van der Waals surface area contributed by atoms with Crippen LogP contribution in [0.1, 0.15) is 49.9 Å². The minimum atomic E-state index is -2.63. The summed E-state index contributed by atoms with van der Waals surface area (Å²) in [6, 6.07) is 1.43. The van der Waals surface area contributed by atoms with Gasteiger partial charge in [-0.15, -0.1) is 0 Å². The molecule has 2 aromatic heterocycles. The minimum absolute atomic E-state index is 0.0740. The third-order valence-electron chi connectivity index (χ3n) is 5.17. The van der Waals surface area contributed by atoms with Crippen molar-refractivity contribution in [2.24, 2.45) is 11.8 Å². The van der Waals surface area contributed by atoms with E-state index in [0.717, 1.165) is 23.8 Å². The second-order valence-electron chi connectivity index (χ2n) is 6.80. The Hall–Kier alpha value is -2.12. The molecule has 6 nitrogen and oxygen atoms in total. The summed E-state index contributed by atoms with van der Waals surface area (Å²) < 4.78 is 27.6. The first-order chi connectivity index (χ1) is 11.5. The van der Waals surface area contributed by atoms with Gasteiger partial charge in [-0.1, -0.05) is 6.92 Å². The highest BCUT2D eigenvalue weighted by atomic mass is 19.3. The fourth-order valence-corrected chi connectivity index (χ4v) is 3.52. The molecule has 1 aliphatic heterocycles. The van der Waals surface area contributed by atoms with Crippen LogP contribution in [0, 0.1) is 11.8 Å². The van der Waals surface area contributed by atoms with Crippen LogP contribution in [0.3, 0.4) is 0 Å². The number of carbonyl (C=O) groups excluding carboxylic acids is 1. The summed E-state index contributed by atoms with van der Waals surface area (Å²) in [6.07, 6.45) is 1.08. The second kappa shape index (κ2) is 5.75. The maximum Gasteiger partial charge on any atom is 0.280 e. The van der Waals surface area contributed by atoms with Crippen LogP contribution in [-0.2, 0) is 4.79 Å². The average Bonchev–Trinajstić information content (AvgIpc) is 3.12. The van der Waals surface area contributed by atoms with Crippen LogP contribution in [0.2, 0.25) is 0 Å². The van der Waals surface area contributed by atoms with E-state index in [-0.39, 0.29) is 29.2 Å². The number of halogens is 2. The van der Waals surface area contributed by atoms with Crippen LogP contribution in [0.15, 0.2) is 12.4 Å². The smallest absolute Gasteiger partial charge is 0.280 e. The van der Waals surface area contributed by atoms with E-state index in [2.05, 4.69) is 22.0 Å². The number of hydrogen-bond donors (Lipinski definition) is 0. The largest absolute Gasteiger partial charge is 0.342 e. The molecule has 2 aliphatic rings. The van der Waals surface area contributed by atoms with Gasteiger partial charge >= 0.3 is 0 Å². The molecule has 0 N–H and O–H groups in total. The fourth-order valence-electron chi connectivity index (χ4n) is 3.52. The van der Waals surface area contributed by atoms with E-state index in [0.29, 0.717) is 24.7 Å². The number of aromatic nitrogens is 4. The Kier molecular flexibility index (Phi) is 3.69. The van der Waals surface area contributed by atoms with Gasteiger partial charge in [-0.3, -0.25) is 4.79 Å². The second-order valence-corrected chi connectivity index (χ2v) is 6.80. The lowest BCUT2D eigenvalue weighted by atomic mass is 9.92. The summed E-state index contributed by atoms with van der Waals surface area (Å²) in [5.74, 6) is 1.21. The number of amides is 1. The van der Waals surface area contributed by atoms with Crippen molar-refractivity contribution in [2.45, 2.75) is 38.5 Å². The van der Waals surface area contributed by atoms with Gasteiger partial charge in [-0.25, -0.2) is 13.8 Å². The van der Waals surface area contributed by atoms with Gasteiger partial charge in [-0.2, -0.15) is 14.6 Å². The lowest BCUT2D eigenvalue weighted by molar-refractivity contribution is -0.133. The van der Waals surface area contributed by atoms with E-state index < -0.39 is 6.43 Å². The molecule has 0 aromatic carbocycles. The van der Waals surface area contributed by atoms with E-state index in [1.165, 1.54) is 12.4 Å². The van der Waals surface area contributed by atoms with Crippen molar-refractivity contribution in [3.63, 3.8) is 0 Å². The molecule has 1 saturated heterocycles. The zero-order valence-electron chi connectivity index (χ0n) is 13.4. The minimum Gasteiger partial charge on any atom is -0.342 e. The SMILES string of the molecule is CC1CC1C(=O)N1CCC(c2cc(C(F)F)n3ncnc3n2)CC1. The molecule has 1 aliphatic carbocycles. The topological polar surface area (TPSA) is 63.4 Å². The zero-order chi connectivity index (χ0) is 16.8. The number of alkyl halides is 2. The van der Waals surface area contributed by atoms with Crippen molar-refractivity contribution in [3.8, 4) is 0 Å². The van der Waals surface area contributed by atoms with E-state index >= 15 is 0 Å². The molecule has 8 heteroatoms. The maximum atomic E-state index is 13.3. The third-order valence-corrected chi connectivity index (χ3v) is 5.17. The quantitative estimate of drug-likeness (QED) is 0.864. The molecule has 3 heterocycles. The lowest BCUT2D eigenvalue weighted by Gasteiger charge is -2.32. The van der Waals surface area contributed by atoms with Crippen LogP contribution < -0.4 is 0 Å². The first-order valence-corrected chi connectivity index (χ1v) is 8.32. The van der Waals surface area contributed by atoms with Crippen molar-refractivity contribution >= 4 is 11.7 Å². The molecule has 2 unspecified atom stereocenters. The Labute approximate surface area is 137 Å². The number of fused-ring (bicyclic) bond motifs is 1. The van der Waals surface area contributed by atoms with Crippen molar-refractivity contribution < 1.29 is 13.6 Å². The maximum absolute atomic E-state index is 13.3. The number of carbonyl (C=O) groups is 1. The lowest BCUT2D eigenvalue weighted by Crippen LogP contribution is -2.39. The normalized spacial score (nSPS) is 24.8. The Balaban J connectivity index is 1.51. The average molecular weight is 335 g/mol. The Morgan fingerprint density at radius 1 is 1.33 bits per heavy atom. The Bertz CT molecular complexity index is 769. The van der Waals surface area contributed by atoms with Gasteiger partial charge in [0.15, 0.2) is 0 Å². The highest BCUT2D eigenvalue weighted by Crippen LogP contribution is 2.40. The third kappa shape index (κ3) is 2.63. The summed E-state index contributed by atoms with van der Waals surface area (Å²) in [5, 5.41) is 3.80. The molecule has 24 heavy (non-hydrogen) atoms. The Morgan fingerprint density at radius 2 is 2.04 bits per heavy atom. The van der Waals surface area contributed by atoms with Gasteiger partial charge in [0.1, 0.15) is 12.0 Å². The predicted molar refractivity (Wildman–Crippen MR) is 81.6 cm³/mol. The number of nitrogens with zero attached hydrogens (tertiary/aromatic N) is 5. The van der Waals surface area contributed by atoms with Crippen molar-refractivity contribution in [2.75, 3.05) is 13.1 Å². The van der Waals surface area contributed by atoms with Crippen LogP contribution in [-0.4, -0.2) is 43.5 Å². The van der Waals surface area contributed by atoms with E-state index in [1.807, 2.05) is 4.90 Å². The molecule has 2 fully saturated rings. The highest BCUT2D eigenvalue weighted by molar-refractivity contribution is 5.81. The summed E-state index contributed by atoms with van der Waals surface area (Å²) in [6.45, 7) is 3.42. The molecule has 1 amide bonds. The first kappa shape index (κ1) is 15.4. The molecule has 0 radical (unpaired) electrons. The zero-order valence-corrected chi connectivity index (χ0v) is 13.4. The van der Waals surface area contributed by atoms with Crippen molar-refractivity contribution in [1.82, 2.24) is 24.5 Å². The molecule has 128 valence electrons. The molecule has 4 rings (SSSR count). The number of hydrogen-bond acceptors (Lipinski definition) is 4. The van der Waals surface area contributed by atoms with Crippen molar-refractivity contribution in [1.29, 1.82) is 0 Å². The standard InChI is InChI=1S/C16H19F2N5O/c1-9-6-11(9)15(24)22-4-2-10(3-5-22)12-7-13(14(17)18)23-16(21-12)19-8-20-23/h7-11,14H,2-6H2,1H3. The predicted octanol–water partition coefficient (Wildman–Crippen LogP) is 2.42. The van der Waals surface area contributed by atoms with Gasteiger partial charge in [0, 0.05) is 30.6 Å². The van der Waals surface area contributed by atoms with Gasteiger partial charge < -0.3 is 4.90 Å². The molecular weight excluding hydrogens is 316 g/mol. The molecule has 1 saturated carbocycles. The Morgan fingerprint density at radius 3 is 2.67 bits per heavy atom. The van der Waals surface area contributed by atoms with E-state index in [1.54, 1.807) is 0 Å². The van der Waals surface area contributed by atoms with Crippen LogP contribution >= 0.6 is 0 Å². The molecule has 2 atom stereocenters. The monoisotopic (exact) mass is 335 g/mol.